The smallest absolute Gasteiger partial charge is 0.243 e. The van der Waals surface area contributed by atoms with Crippen molar-refractivity contribution < 1.29 is 9.53 Å². The highest BCUT2D eigenvalue weighted by Gasteiger charge is 2.18. The summed E-state index contributed by atoms with van der Waals surface area (Å²) in [6.45, 7) is 4.01. The number of methoxy groups -OCH3 is 1. The van der Waals surface area contributed by atoms with Gasteiger partial charge in [-0.3, -0.25) is 9.48 Å². The molecule has 1 amide bonds. The van der Waals surface area contributed by atoms with Crippen molar-refractivity contribution in [2.24, 2.45) is 14.1 Å². The van der Waals surface area contributed by atoms with Crippen LogP contribution in [0.4, 0.5) is 0 Å². The average Bonchev–Trinajstić information content (AvgIpc) is 3.05. The summed E-state index contributed by atoms with van der Waals surface area (Å²) in [5.41, 5.74) is 0.753. The number of nitrogens with one attached hydrogen (secondary N) is 1. The summed E-state index contributed by atoms with van der Waals surface area (Å²) in [6.07, 6.45) is 3.45. The third-order valence-electron chi connectivity index (χ3n) is 2.84. The van der Waals surface area contributed by atoms with Crippen LogP contribution in [0.3, 0.4) is 0 Å². The van der Waals surface area contributed by atoms with E-state index in [0.717, 1.165) is 5.56 Å². The van der Waals surface area contributed by atoms with E-state index in [-0.39, 0.29) is 11.7 Å². The van der Waals surface area contributed by atoms with Gasteiger partial charge in [0, 0.05) is 26.8 Å². The second kappa shape index (κ2) is 7.12. The maximum Gasteiger partial charge on any atom is 0.243 e. The minimum absolute atomic E-state index is 0.0755. The fourth-order valence-electron chi connectivity index (χ4n) is 1.81. The fourth-order valence-corrected chi connectivity index (χ4v) is 2.56. The van der Waals surface area contributed by atoms with Crippen LogP contribution in [-0.4, -0.2) is 49.9 Å². The molecule has 2 aromatic heterocycles. The van der Waals surface area contributed by atoms with Crippen molar-refractivity contribution in [2.45, 2.75) is 5.16 Å². The molecule has 0 aliphatic heterocycles. The maximum absolute atomic E-state index is 11.6. The van der Waals surface area contributed by atoms with E-state index in [1.807, 2.05) is 24.9 Å². The van der Waals surface area contributed by atoms with Crippen molar-refractivity contribution in [3.05, 3.63) is 18.9 Å². The molecule has 0 bridgehead atoms. The van der Waals surface area contributed by atoms with Gasteiger partial charge < -0.3 is 14.6 Å². The van der Waals surface area contributed by atoms with E-state index in [1.165, 1.54) is 11.8 Å². The molecule has 2 aromatic rings. The number of carbonyl (C=O) groups excluding carboxylic acids is 1. The zero-order valence-electron chi connectivity index (χ0n) is 12.7. The van der Waals surface area contributed by atoms with Gasteiger partial charge >= 0.3 is 0 Å². The lowest BCUT2D eigenvalue weighted by molar-refractivity contribution is -0.118. The summed E-state index contributed by atoms with van der Waals surface area (Å²) in [5.74, 6) is 1.31. The van der Waals surface area contributed by atoms with E-state index in [0.29, 0.717) is 23.4 Å². The summed E-state index contributed by atoms with van der Waals surface area (Å²) >= 11 is 1.32. The molecule has 0 aromatic carbocycles. The van der Waals surface area contributed by atoms with Crippen LogP contribution in [0.15, 0.2) is 24.0 Å². The predicted molar refractivity (Wildman–Crippen MR) is 83.7 cm³/mol. The maximum atomic E-state index is 11.6. The highest BCUT2D eigenvalue weighted by Crippen LogP contribution is 2.28. The first-order valence-electron chi connectivity index (χ1n) is 6.54. The Hall–Kier alpha value is -2.29. The lowest BCUT2D eigenvalue weighted by Gasteiger charge is -2.04. The monoisotopic (exact) mass is 322 g/mol. The van der Waals surface area contributed by atoms with Gasteiger partial charge in [0.2, 0.25) is 11.8 Å². The molecule has 2 heterocycles. The zero-order chi connectivity index (χ0) is 16.1. The van der Waals surface area contributed by atoms with Gasteiger partial charge in [-0.05, 0) is 0 Å². The standard InChI is InChI=1S/C13H18N6O2S/c1-5-6-14-10(20)8-22-13-16-15-11(19(13)3)9-7-18(2)17-12(9)21-4/h5,7H,1,6,8H2,2-4H3,(H,14,20). The quantitative estimate of drug-likeness (QED) is 0.594. The van der Waals surface area contributed by atoms with E-state index in [9.17, 15) is 4.79 Å². The van der Waals surface area contributed by atoms with Crippen LogP contribution in [-0.2, 0) is 18.9 Å². The molecule has 0 spiro atoms. The van der Waals surface area contributed by atoms with Crippen LogP contribution in [0.25, 0.3) is 11.4 Å². The van der Waals surface area contributed by atoms with Crippen LogP contribution in [0.5, 0.6) is 5.88 Å². The third-order valence-corrected chi connectivity index (χ3v) is 3.86. The van der Waals surface area contributed by atoms with Crippen molar-refractivity contribution in [2.75, 3.05) is 19.4 Å². The molecule has 0 aliphatic carbocycles. The molecule has 0 saturated carbocycles. The topological polar surface area (TPSA) is 86.9 Å². The first kappa shape index (κ1) is 16.1. The van der Waals surface area contributed by atoms with Gasteiger partial charge in [0.25, 0.3) is 0 Å². The first-order chi connectivity index (χ1) is 10.6. The van der Waals surface area contributed by atoms with Crippen LogP contribution in [0.1, 0.15) is 0 Å². The second-order valence-electron chi connectivity index (χ2n) is 4.47. The minimum atomic E-state index is -0.0755. The van der Waals surface area contributed by atoms with Crippen molar-refractivity contribution in [1.82, 2.24) is 29.9 Å². The fraction of sp³-hybridized carbons (Fsp3) is 0.385. The van der Waals surface area contributed by atoms with Gasteiger partial charge in [-0.15, -0.1) is 21.9 Å². The highest BCUT2D eigenvalue weighted by atomic mass is 32.2. The van der Waals surface area contributed by atoms with E-state index in [4.69, 9.17) is 4.74 Å². The summed E-state index contributed by atoms with van der Waals surface area (Å²) in [6, 6.07) is 0. The van der Waals surface area contributed by atoms with E-state index in [2.05, 4.69) is 27.2 Å². The Morgan fingerprint density at radius 2 is 2.27 bits per heavy atom. The molecule has 0 saturated heterocycles. The number of hydrogen-bond acceptors (Lipinski definition) is 6. The SMILES string of the molecule is C=CCNC(=O)CSc1nnc(-c2cn(C)nc2OC)n1C. The number of amides is 1. The van der Waals surface area contributed by atoms with E-state index >= 15 is 0 Å². The molecule has 0 aliphatic rings. The molecule has 1 N–H and O–H groups in total. The molecule has 0 radical (unpaired) electrons. The number of nitrogens with zero attached hydrogens (tertiary/aromatic N) is 5. The lowest BCUT2D eigenvalue weighted by atomic mass is 10.3. The molecular formula is C13H18N6O2S. The molecule has 0 fully saturated rings. The average molecular weight is 322 g/mol. The van der Waals surface area contributed by atoms with Gasteiger partial charge in [0.15, 0.2) is 11.0 Å². The number of carbonyl (C=O) groups is 1. The van der Waals surface area contributed by atoms with Crippen molar-refractivity contribution in [3.8, 4) is 17.3 Å². The van der Waals surface area contributed by atoms with Crippen LogP contribution in [0.2, 0.25) is 0 Å². The lowest BCUT2D eigenvalue weighted by Crippen LogP contribution is -2.25. The van der Waals surface area contributed by atoms with Crippen LogP contribution >= 0.6 is 11.8 Å². The zero-order valence-corrected chi connectivity index (χ0v) is 13.6. The Balaban J connectivity index is 2.12. The van der Waals surface area contributed by atoms with Crippen LogP contribution < -0.4 is 10.1 Å². The summed E-state index contributed by atoms with van der Waals surface area (Å²) in [4.78, 5) is 11.6. The van der Waals surface area contributed by atoms with Crippen molar-refractivity contribution >= 4 is 17.7 Å². The molecule has 0 atom stereocenters. The Kier molecular flexibility index (Phi) is 5.21. The highest BCUT2D eigenvalue weighted by molar-refractivity contribution is 7.99. The number of aryl methyl sites for hydroxylation is 1. The van der Waals surface area contributed by atoms with Gasteiger partial charge in [-0.2, -0.15) is 0 Å². The summed E-state index contributed by atoms with van der Waals surface area (Å²) in [7, 11) is 5.20. The Bertz CT molecular complexity index is 678. The normalized spacial score (nSPS) is 10.5. The number of thioether (sulfide) groups is 1. The van der Waals surface area contributed by atoms with E-state index < -0.39 is 0 Å². The largest absolute Gasteiger partial charge is 0.479 e. The summed E-state index contributed by atoms with van der Waals surface area (Å²) in [5, 5.41) is 15.8. The molecular weight excluding hydrogens is 304 g/mol. The molecule has 22 heavy (non-hydrogen) atoms. The Morgan fingerprint density at radius 3 is 2.95 bits per heavy atom. The van der Waals surface area contributed by atoms with E-state index in [1.54, 1.807) is 17.9 Å². The van der Waals surface area contributed by atoms with Gasteiger partial charge in [0.05, 0.1) is 12.9 Å². The van der Waals surface area contributed by atoms with Crippen molar-refractivity contribution in [3.63, 3.8) is 0 Å². The third kappa shape index (κ3) is 3.48. The Labute approximate surface area is 132 Å². The minimum Gasteiger partial charge on any atom is -0.479 e. The molecule has 118 valence electrons. The molecule has 9 heteroatoms. The number of ether oxygens (including phenoxy) is 1. The van der Waals surface area contributed by atoms with Crippen LogP contribution in [0, 0.1) is 0 Å². The Morgan fingerprint density at radius 1 is 1.50 bits per heavy atom. The summed E-state index contributed by atoms with van der Waals surface area (Å²) < 4.78 is 8.70. The first-order valence-corrected chi connectivity index (χ1v) is 7.53. The second-order valence-corrected chi connectivity index (χ2v) is 5.41. The molecule has 8 nitrogen and oxygen atoms in total. The molecule has 0 unspecified atom stereocenters. The van der Waals surface area contributed by atoms with Crippen molar-refractivity contribution in [1.29, 1.82) is 0 Å². The number of rotatable bonds is 7. The molecule has 2 rings (SSSR count). The van der Waals surface area contributed by atoms with Gasteiger partial charge in [0.1, 0.15) is 5.56 Å². The number of hydrogen-bond donors (Lipinski definition) is 1. The number of aromatic nitrogens is 5. The predicted octanol–water partition coefficient (Wildman–Crippen LogP) is 0.618. The van der Waals surface area contributed by atoms with Gasteiger partial charge in [-0.25, -0.2) is 0 Å². The van der Waals surface area contributed by atoms with Gasteiger partial charge in [-0.1, -0.05) is 17.8 Å².